The van der Waals surface area contributed by atoms with Gasteiger partial charge < -0.3 is 10.6 Å². The number of benzene rings is 1. The summed E-state index contributed by atoms with van der Waals surface area (Å²) in [6, 6.07) is 5.17. The third-order valence-corrected chi connectivity index (χ3v) is 4.12. The van der Waals surface area contributed by atoms with Gasteiger partial charge in [-0.3, -0.25) is 0 Å². The molecule has 1 fully saturated rings. The van der Waals surface area contributed by atoms with Crippen LogP contribution in [0.3, 0.4) is 0 Å². The Labute approximate surface area is 104 Å². The molecular formula is C11H14ClFN2S. The van der Waals surface area contributed by atoms with Gasteiger partial charge in [0, 0.05) is 30.3 Å². The van der Waals surface area contributed by atoms with Crippen LogP contribution in [0, 0.1) is 5.82 Å². The van der Waals surface area contributed by atoms with E-state index in [9.17, 15) is 4.39 Å². The highest BCUT2D eigenvalue weighted by Crippen LogP contribution is 2.27. The van der Waals surface area contributed by atoms with Crippen LogP contribution < -0.4 is 10.6 Å². The molecule has 0 bridgehead atoms. The average molecular weight is 261 g/mol. The van der Waals surface area contributed by atoms with E-state index in [0.29, 0.717) is 12.6 Å². The molecule has 2 rings (SSSR count). The highest BCUT2D eigenvalue weighted by molar-refractivity contribution is 7.99. The van der Waals surface area contributed by atoms with Gasteiger partial charge in [-0.2, -0.15) is 11.8 Å². The van der Waals surface area contributed by atoms with Gasteiger partial charge in [-0.15, -0.1) is 0 Å². The summed E-state index contributed by atoms with van der Waals surface area (Å²) in [5, 5.41) is 0.173. The van der Waals surface area contributed by atoms with Crippen molar-refractivity contribution < 1.29 is 4.39 Å². The van der Waals surface area contributed by atoms with Gasteiger partial charge in [0.2, 0.25) is 0 Å². The Bertz CT molecular complexity index is 375. The molecule has 1 atom stereocenters. The zero-order valence-electron chi connectivity index (χ0n) is 8.83. The maximum Gasteiger partial charge on any atom is 0.141 e. The number of rotatable bonds is 2. The molecule has 5 heteroatoms. The minimum Gasteiger partial charge on any atom is -0.366 e. The molecule has 0 saturated carbocycles. The van der Waals surface area contributed by atoms with E-state index in [1.54, 1.807) is 12.1 Å². The Morgan fingerprint density at radius 1 is 1.56 bits per heavy atom. The molecule has 2 N–H and O–H groups in total. The Morgan fingerprint density at radius 2 is 2.38 bits per heavy atom. The number of thioether (sulfide) groups is 1. The van der Waals surface area contributed by atoms with E-state index in [0.717, 1.165) is 23.7 Å². The van der Waals surface area contributed by atoms with Crippen molar-refractivity contribution >= 4 is 29.1 Å². The number of anilines is 1. The molecule has 1 aromatic rings. The largest absolute Gasteiger partial charge is 0.366 e. The Balaban J connectivity index is 2.23. The van der Waals surface area contributed by atoms with Crippen LogP contribution >= 0.6 is 23.4 Å². The van der Waals surface area contributed by atoms with Gasteiger partial charge in [0.1, 0.15) is 5.82 Å². The Hall–Kier alpha value is -0.450. The van der Waals surface area contributed by atoms with Crippen LogP contribution in [0.5, 0.6) is 0 Å². The standard InChI is InChI=1S/C11H14ClFN2S/c12-10-5-8(1-2-11(10)13)15-3-4-16-7-9(15)6-14/h1-2,5,9H,3-4,6-7,14H2. The lowest BCUT2D eigenvalue weighted by molar-refractivity contribution is 0.624. The second kappa shape index (κ2) is 5.25. The monoisotopic (exact) mass is 260 g/mol. The van der Waals surface area contributed by atoms with Crippen LogP contribution in [0.25, 0.3) is 0 Å². The first kappa shape index (κ1) is 12.0. The van der Waals surface area contributed by atoms with Crippen molar-refractivity contribution in [2.75, 3.05) is 29.5 Å². The van der Waals surface area contributed by atoms with E-state index in [4.69, 9.17) is 17.3 Å². The summed E-state index contributed by atoms with van der Waals surface area (Å²) in [5.74, 6) is 1.72. The molecular weight excluding hydrogens is 247 g/mol. The fourth-order valence-electron chi connectivity index (χ4n) is 1.85. The topological polar surface area (TPSA) is 29.3 Å². The lowest BCUT2D eigenvalue weighted by atomic mass is 10.2. The maximum absolute atomic E-state index is 13.1. The molecule has 1 aromatic carbocycles. The fourth-order valence-corrected chi connectivity index (χ4v) is 3.11. The van der Waals surface area contributed by atoms with Crippen LogP contribution in [0.4, 0.5) is 10.1 Å². The van der Waals surface area contributed by atoms with Gasteiger partial charge in [0.05, 0.1) is 11.1 Å². The van der Waals surface area contributed by atoms with E-state index >= 15 is 0 Å². The van der Waals surface area contributed by atoms with Gasteiger partial charge in [-0.05, 0) is 18.2 Å². The predicted molar refractivity (Wildman–Crippen MR) is 68.9 cm³/mol. The molecule has 2 nitrogen and oxygen atoms in total. The summed E-state index contributed by atoms with van der Waals surface area (Å²) in [6.45, 7) is 1.55. The SMILES string of the molecule is NCC1CSCCN1c1ccc(F)c(Cl)c1. The predicted octanol–water partition coefficient (Wildman–Crippen LogP) is 2.36. The van der Waals surface area contributed by atoms with Crippen molar-refractivity contribution in [3.8, 4) is 0 Å². The van der Waals surface area contributed by atoms with Crippen LogP contribution in [-0.4, -0.2) is 30.6 Å². The molecule has 0 spiro atoms. The normalized spacial score (nSPS) is 21.2. The molecule has 88 valence electrons. The van der Waals surface area contributed by atoms with Crippen molar-refractivity contribution in [2.45, 2.75) is 6.04 Å². The molecule has 0 aliphatic carbocycles. The summed E-state index contributed by atoms with van der Waals surface area (Å²) in [7, 11) is 0. The van der Waals surface area contributed by atoms with Crippen molar-refractivity contribution in [3.63, 3.8) is 0 Å². The number of hydrogen-bond acceptors (Lipinski definition) is 3. The van der Waals surface area contributed by atoms with E-state index in [-0.39, 0.29) is 10.8 Å². The van der Waals surface area contributed by atoms with Crippen molar-refractivity contribution in [1.29, 1.82) is 0 Å². The van der Waals surface area contributed by atoms with Gasteiger partial charge in [-0.1, -0.05) is 11.6 Å². The number of nitrogens with two attached hydrogens (primary N) is 1. The highest BCUT2D eigenvalue weighted by atomic mass is 35.5. The summed E-state index contributed by atoms with van der Waals surface area (Å²) in [6.07, 6.45) is 0. The summed E-state index contributed by atoms with van der Waals surface area (Å²) in [4.78, 5) is 2.21. The van der Waals surface area contributed by atoms with E-state index < -0.39 is 0 Å². The van der Waals surface area contributed by atoms with Gasteiger partial charge >= 0.3 is 0 Å². The number of nitrogens with zero attached hydrogens (tertiary/aromatic N) is 1. The van der Waals surface area contributed by atoms with Gasteiger partial charge in [-0.25, -0.2) is 4.39 Å². The third-order valence-electron chi connectivity index (χ3n) is 2.73. The zero-order valence-corrected chi connectivity index (χ0v) is 10.4. The summed E-state index contributed by atoms with van der Waals surface area (Å²) < 4.78 is 13.1. The van der Waals surface area contributed by atoms with Crippen LogP contribution in [-0.2, 0) is 0 Å². The van der Waals surface area contributed by atoms with Crippen molar-refractivity contribution in [3.05, 3.63) is 29.0 Å². The molecule has 0 radical (unpaired) electrons. The van der Waals surface area contributed by atoms with Crippen molar-refractivity contribution in [2.24, 2.45) is 5.73 Å². The van der Waals surface area contributed by atoms with Gasteiger partial charge in [0.15, 0.2) is 0 Å². The second-order valence-corrected chi connectivity index (χ2v) is 5.31. The summed E-state index contributed by atoms with van der Waals surface area (Å²) in [5.41, 5.74) is 6.70. The third kappa shape index (κ3) is 2.44. The Kier molecular flexibility index (Phi) is 3.95. The molecule has 0 amide bonds. The first-order valence-electron chi connectivity index (χ1n) is 5.22. The number of halogens is 2. The smallest absolute Gasteiger partial charge is 0.141 e. The summed E-state index contributed by atoms with van der Waals surface area (Å²) >= 11 is 7.69. The first-order valence-corrected chi connectivity index (χ1v) is 6.75. The van der Waals surface area contributed by atoms with Crippen molar-refractivity contribution in [1.82, 2.24) is 0 Å². The lowest BCUT2D eigenvalue weighted by Crippen LogP contribution is -2.46. The maximum atomic E-state index is 13.1. The Morgan fingerprint density at radius 3 is 3.06 bits per heavy atom. The molecule has 16 heavy (non-hydrogen) atoms. The highest BCUT2D eigenvalue weighted by Gasteiger charge is 2.22. The van der Waals surface area contributed by atoms with Crippen LogP contribution in [0.2, 0.25) is 5.02 Å². The molecule has 1 saturated heterocycles. The van der Waals surface area contributed by atoms with E-state index in [2.05, 4.69) is 4.90 Å². The average Bonchev–Trinajstić information content (AvgIpc) is 2.32. The quantitative estimate of drug-likeness (QED) is 0.885. The van der Waals surface area contributed by atoms with Crippen LogP contribution in [0.15, 0.2) is 18.2 Å². The minimum absolute atomic E-state index is 0.173. The minimum atomic E-state index is -0.374. The molecule has 1 aliphatic heterocycles. The molecule has 1 unspecified atom stereocenters. The van der Waals surface area contributed by atoms with E-state index in [1.165, 1.54) is 6.07 Å². The molecule has 0 aromatic heterocycles. The zero-order chi connectivity index (χ0) is 11.5. The van der Waals surface area contributed by atoms with E-state index in [1.807, 2.05) is 11.8 Å². The molecule has 1 heterocycles. The van der Waals surface area contributed by atoms with Gasteiger partial charge in [0.25, 0.3) is 0 Å². The molecule has 1 aliphatic rings. The number of hydrogen-bond donors (Lipinski definition) is 1. The first-order chi connectivity index (χ1) is 7.72. The van der Waals surface area contributed by atoms with Crippen LogP contribution in [0.1, 0.15) is 0 Å². The lowest BCUT2D eigenvalue weighted by Gasteiger charge is -2.36. The fraction of sp³-hybridized carbons (Fsp3) is 0.455. The second-order valence-electron chi connectivity index (χ2n) is 3.76.